The van der Waals surface area contributed by atoms with Gasteiger partial charge in [0.25, 0.3) is 5.91 Å². The van der Waals surface area contributed by atoms with Crippen LogP contribution in [0.5, 0.6) is 11.5 Å². The first-order valence-corrected chi connectivity index (χ1v) is 7.38. The highest BCUT2D eigenvalue weighted by Gasteiger charge is 2.22. The number of benzene rings is 1. The van der Waals surface area contributed by atoms with Crippen LogP contribution in [0.1, 0.15) is 30.0 Å². The van der Waals surface area contributed by atoms with Crippen molar-refractivity contribution in [2.75, 3.05) is 13.2 Å². The van der Waals surface area contributed by atoms with Crippen LogP contribution in [0.2, 0.25) is 0 Å². The molecule has 0 N–H and O–H groups in total. The van der Waals surface area contributed by atoms with Crippen LogP contribution in [0.3, 0.4) is 0 Å². The summed E-state index contributed by atoms with van der Waals surface area (Å²) < 4.78 is 16.3. The first-order chi connectivity index (χ1) is 10.6. The maximum absolute atomic E-state index is 12.5. The summed E-state index contributed by atoms with van der Waals surface area (Å²) in [5.41, 5.74) is 0.998. The van der Waals surface area contributed by atoms with Crippen molar-refractivity contribution in [2.45, 2.75) is 26.4 Å². The van der Waals surface area contributed by atoms with Crippen LogP contribution < -0.4 is 9.47 Å². The first kappa shape index (κ1) is 14.5. The number of amides is 1. The van der Waals surface area contributed by atoms with Crippen LogP contribution >= 0.6 is 0 Å². The molecule has 116 valence electrons. The summed E-state index contributed by atoms with van der Waals surface area (Å²) in [6.45, 7) is 5.59. The van der Waals surface area contributed by atoms with Crippen molar-refractivity contribution in [2.24, 2.45) is 0 Å². The molecule has 5 nitrogen and oxygen atoms in total. The molecular formula is C17H19NO4. The molecule has 2 aromatic rings. The Morgan fingerprint density at radius 1 is 1.18 bits per heavy atom. The third-order valence-electron chi connectivity index (χ3n) is 3.58. The number of furan rings is 1. The van der Waals surface area contributed by atoms with Gasteiger partial charge in [0.1, 0.15) is 13.2 Å². The molecule has 0 saturated heterocycles. The van der Waals surface area contributed by atoms with Crippen LogP contribution in [0, 0.1) is 0 Å². The van der Waals surface area contributed by atoms with E-state index in [2.05, 4.69) is 0 Å². The minimum absolute atomic E-state index is 0.0609. The molecule has 1 aliphatic heterocycles. The molecule has 0 spiro atoms. The molecule has 0 aliphatic carbocycles. The van der Waals surface area contributed by atoms with E-state index in [1.165, 1.54) is 6.26 Å². The van der Waals surface area contributed by atoms with Gasteiger partial charge < -0.3 is 18.8 Å². The Hall–Kier alpha value is -2.43. The molecule has 1 aromatic carbocycles. The fourth-order valence-corrected chi connectivity index (χ4v) is 2.41. The van der Waals surface area contributed by atoms with Crippen molar-refractivity contribution >= 4 is 5.91 Å². The zero-order valence-electron chi connectivity index (χ0n) is 12.7. The predicted molar refractivity (Wildman–Crippen MR) is 81.1 cm³/mol. The Balaban J connectivity index is 1.80. The van der Waals surface area contributed by atoms with Crippen molar-refractivity contribution in [3.05, 3.63) is 47.9 Å². The maximum atomic E-state index is 12.5. The van der Waals surface area contributed by atoms with Gasteiger partial charge in [-0.1, -0.05) is 6.07 Å². The zero-order valence-corrected chi connectivity index (χ0v) is 12.7. The standard InChI is InChI=1S/C17H19NO4/c1-12(2)18(17(19)15-4-3-7-20-15)11-13-5-6-14-16(10-13)22-9-8-21-14/h3-7,10,12H,8-9,11H2,1-2H3. The predicted octanol–water partition coefficient (Wildman–Crippen LogP) is 3.10. The second-order valence-corrected chi connectivity index (χ2v) is 5.48. The third-order valence-corrected chi connectivity index (χ3v) is 3.58. The largest absolute Gasteiger partial charge is 0.486 e. The van der Waals surface area contributed by atoms with Gasteiger partial charge in [0.05, 0.1) is 6.26 Å². The maximum Gasteiger partial charge on any atom is 0.290 e. The molecule has 0 fully saturated rings. The van der Waals surface area contributed by atoms with E-state index in [0.717, 1.165) is 17.1 Å². The molecule has 3 rings (SSSR count). The van der Waals surface area contributed by atoms with Crippen LogP contribution in [0.25, 0.3) is 0 Å². The number of hydrogen-bond acceptors (Lipinski definition) is 4. The molecule has 1 aliphatic rings. The number of hydrogen-bond donors (Lipinski definition) is 0. The second kappa shape index (κ2) is 6.13. The van der Waals surface area contributed by atoms with Crippen LogP contribution in [0.15, 0.2) is 41.0 Å². The van der Waals surface area contributed by atoms with E-state index in [0.29, 0.717) is 25.5 Å². The molecule has 0 unspecified atom stereocenters. The first-order valence-electron chi connectivity index (χ1n) is 7.38. The second-order valence-electron chi connectivity index (χ2n) is 5.48. The van der Waals surface area contributed by atoms with Gasteiger partial charge in [-0.2, -0.15) is 0 Å². The van der Waals surface area contributed by atoms with E-state index >= 15 is 0 Å². The van der Waals surface area contributed by atoms with Crippen molar-refractivity contribution in [1.29, 1.82) is 0 Å². The monoisotopic (exact) mass is 301 g/mol. The summed E-state index contributed by atoms with van der Waals surface area (Å²) in [7, 11) is 0. The average molecular weight is 301 g/mol. The molecule has 0 bridgehead atoms. The highest BCUT2D eigenvalue weighted by Crippen LogP contribution is 2.31. The Bertz CT molecular complexity index is 649. The lowest BCUT2D eigenvalue weighted by Gasteiger charge is -2.27. The Morgan fingerprint density at radius 2 is 1.95 bits per heavy atom. The molecule has 1 aromatic heterocycles. The summed E-state index contributed by atoms with van der Waals surface area (Å²) in [4.78, 5) is 14.3. The van der Waals surface area contributed by atoms with E-state index in [-0.39, 0.29) is 11.9 Å². The molecule has 0 atom stereocenters. The van der Waals surface area contributed by atoms with Crippen LogP contribution in [0.4, 0.5) is 0 Å². The third kappa shape index (κ3) is 2.93. The number of ether oxygens (including phenoxy) is 2. The van der Waals surface area contributed by atoms with Gasteiger partial charge in [0.2, 0.25) is 0 Å². The number of nitrogens with zero attached hydrogens (tertiary/aromatic N) is 1. The van der Waals surface area contributed by atoms with E-state index in [4.69, 9.17) is 13.9 Å². The van der Waals surface area contributed by atoms with Crippen molar-refractivity contribution in [3.8, 4) is 11.5 Å². The topological polar surface area (TPSA) is 51.9 Å². The van der Waals surface area contributed by atoms with E-state index in [1.54, 1.807) is 17.0 Å². The lowest BCUT2D eigenvalue weighted by molar-refractivity contribution is 0.0657. The van der Waals surface area contributed by atoms with Crippen LogP contribution in [-0.2, 0) is 6.54 Å². The molecule has 2 heterocycles. The molecule has 22 heavy (non-hydrogen) atoms. The Kier molecular flexibility index (Phi) is 4.04. The van der Waals surface area contributed by atoms with Gasteiger partial charge in [-0.15, -0.1) is 0 Å². The number of carbonyl (C=O) groups is 1. The lowest BCUT2D eigenvalue weighted by atomic mass is 10.1. The van der Waals surface area contributed by atoms with Crippen molar-refractivity contribution in [1.82, 2.24) is 4.90 Å². The normalized spacial score (nSPS) is 13.2. The number of rotatable bonds is 4. The average Bonchev–Trinajstić information content (AvgIpc) is 3.06. The number of fused-ring (bicyclic) bond motifs is 1. The van der Waals surface area contributed by atoms with Gasteiger partial charge in [-0.05, 0) is 43.7 Å². The van der Waals surface area contributed by atoms with Crippen molar-refractivity contribution in [3.63, 3.8) is 0 Å². The Labute approximate surface area is 129 Å². The fourth-order valence-electron chi connectivity index (χ4n) is 2.41. The SMILES string of the molecule is CC(C)N(Cc1ccc2c(c1)OCCO2)C(=O)c1ccco1. The summed E-state index contributed by atoms with van der Waals surface area (Å²) in [5.74, 6) is 1.72. The minimum Gasteiger partial charge on any atom is -0.486 e. The van der Waals surface area contributed by atoms with E-state index < -0.39 is 0 Å². The summed E-state index contributed by atoms with van der Waals surface area (Å²) in [6.07, 6.45) is 1.51. The molecule has 0 saturated carbocycles. The van der Waals surface area contributed by atoms with Crippen molar-refractivity contribution < 1.29 is 18.7 Å². The van der Waals surface area contributed by atoms with E-state index in [1.807, 2.05) is 32.0 Å². The molecule has 0 radical (unpaired) electrons. The smallest absolute Gasteiger partial charge is 0.290 e. The zero-order chi connectivity index (χ0) is 15.5. The van der Waals surface area contributed by atoms with Gasteiger partial charge >= 0.3 is 0 Å². The van der Waals surface area contributed by atoms with Gasteiger partial charge in [-0.3, -0.25) is 4.79 Å². The molecular weight excluding hydrogens is 282 g/mol. The highest BCUT2D eigenvalue weighted by atomic mass is 16.6. The highest BCUT2D eigenvalue weighted by molar-refractivity contribution is 5.91. The van der Waals surface area contributed by atoms with E-state index in [9.17, 15) is 4.79 Å². The van der Waals surface area contributed by atoms with Gasteiger partial charge in [0.15, 0.2) is 17.3 Å². The lowest BCUT2D eigenvalue weighted by Crippen LogP contribution is -2.36. The van der Waals surface area contributed by atoms with Gasteiger partial charge in [-0.25, -0.2) is 0 Å². The van der Waals surface area contributed by atoms with Gasteiger partial charge in [0, 0.05) is 12.6 Å². The summed E-state index contributed by atoms with van der Waals surface area (Å²) >= 11 is 0. The summed E-state index contributed by atoms with van der Waals surface area (Å²) in [5, 5.41) is 0. The minimum atomic E-state index is -0.116. The Morgan fingerprint density at radius 3 is 2.64 bits per heavy atom. The molecule has 1 amide bonds. The number of carbonyl (C=O) groups excluding carboxylic acids is 1. The quantitative estimate of drug-likeness (QED) is 0.870. The fraction of sp³-hybridized carbons (Fsp3) is 0.353. The summed E-state index contributed by atoms with van der Waals surface area (Å²) in [6, 6.07) is 9.24. The molecule has 5 heteroatoms. The van der Waals surface area contributed by atoms with Crippen LogP contribution in [-0.4, -0.2) is 30.1 Å².